The Hall–Kier alpha value is -1.91. The fourth-order valence-corrected chi connectivity index (χ4v) is 2.72. The summed E-state index contributed by atoms with van der Waals surface area (Å²) in [6, 6.07) is 2.08. The van der Waals surface area contributed by atoms with Crippen molar-refractivity contribution in [1.29, 1.82) is 0 Å². The average Bonchev–Trinajstić information content (AvgIpc) is 2.96. The molecule has 0 amide bonds. The molecule has 19 heavy (non-hydrogen) atoms. The van der Waals surface area contributed by atoms with Gasteiger partial charge in [-0.2, -0.15) is 5.10 Å². The number of aromatic nitrogens is 4. The van der Waals surface area contributed by atoms with Crippen LogP contribution < -0.4 is 4.90 Å². The van der Waals surface area contributed by atoms with E-state index in [4.69, 9.17) is 0 Å². The number of aromatic amines is 1. The van der Waals surface area contributed by atoms with Gasteiger partial charge in [0.15, 0.2) is 0 Å². The molecular weight excluding hydrogens is 238 g/mol. The van der Waals surface area contributed by atoms with Crippen LogP contribution in [0.5, 0.6) is 0 Å². The van der Waals surface area contributed by atoms with Crippen LogP contribution in [-0.2, 0) is 0 Å². The summed E-state index contributed by atoms with van der Waals surface area (Å²) in [5.41, 5.74) is 3.26. The summed E-state index contributed by atoms with van der Waals surface area (Å²) in [4.78, 5) is 11.4. The minimum Gasteiger partial charge on any atom is -0.355 e. The molecule has 0 atom stereocenters. The van der Waals surface area contributed by atoms with E-state index in [2.05, 4.69) is 31.1 Å². The van der Waals surface area contributed by atoms with E-state index < -0.39 is 0 Å². The molecule has 5 nitrogen and oxygen atoms in total. The summed E-state index contributed by atoms with van der Waals surface area (Å²) in [5, 5.41) is 7.12. The molecule has 0 aliphatic carbocycles. The summed E-state index contributed by atoms with van der Waals surface area (Å²) in [7, 11) is 0. The van der Waals surface area contributed by atoms with E-state index in [0.29, 0.717) is 5.92 Å². The molecule has 1 N–H and O–H groups in total. The van der Waals surface area contributed by atoms with Crippen molar-refractivity contribution in [3.8, 4) is 0 Å². The molecule has 1 saturated heterocycles. The first kappa shape index (κ1) is 12.1. The summed E-state index contributed by atoms with van der Waals surface area (Å²) in [5.74, 6) is 1.64. The van der Waals surface area contributed by atoms with Crippen molar-refractivity contribution in [3.05, 3.63) is 35.5 Å². The maximum absolute atomic E-state index is 4.63. The van der Waals surface area contributed by atoms with Crippen molar-refractivity contribution in [2.45, 2.75) is 32.6 Å². The van der Waals surface area contributed by atoms with Crippen molar-refractivity contribution < 1.29 is 0 Å². The van der Waals surface area contributed by atoms with Gasteiger partial charge >= 0.3 is 0 Å². The number of nitrogens with zero attached hydrogens (tertiary/aromatic N) is 4. The summed E-state index contributed by atoms with van der Waals surface area (Å²) >= 11 is 0. The second-order valence-electron chi connectivity index (χ2n) is 5.19. The highest BCUT2D eigenvalue weighted by Gasteiger charge is 2.23. The topological polar surface area (TPSA) is 57.7 Å². The Bertz CT molecular complexity index is 541. The van der Waals surface area contributed by atoms with E-state index in [-0.39, 0.29) is 0 Å². The summed E-state index contributed by atoms with van der Waals surface area (Å²) in [6.07, 6.45) is 5.93. The number of rotatable bonds is 2. The molecule has 1 fully saturated rings. The third-order valence-electron chi connectivity index (χ3n) is 3.81. The van der Waals surface area contributed by atoms with E-state index in [1.54, 1.807) is 0 Å². The van der Waals surface area contributed by atoms with Gasteiger partial charge < -0.3 is 4.90 Å². The minimum atomic E-state index is 0.594. The van der Waals surface area contributed by atoms with Crippen molar-refractivity contribution in [3.63, 3.8) is 0 Å². The molecule has 1 aliphatic heterocycles. The Kier molecular flexibility index (Phi) is 3.19. The van der Waals surface area contributed by atoms with Gasteiger partial charge in [-0.1, -0.05) is 0 Å². The summed E-state index contributed by atoms with van der Waals surface area (Å²) in [6.45, 7) is 6.08. The van der Waals surface area contributed by atoms with E-state index in [0.717, 1.165) is 43.1 Å². The molecule has 0 spiro atoms. The van der Waals surface area contributed by atoms with Crippen LogP contribution in [0.4, 0.5) is 5.82 Å². The zero-order chi connectivity index (χ0) is 13.2. The highest BCUT2D eigenvalue weighted by molar-refractivity contribution is 5.43. The number of hydrogen-bond donors (Lipinski definition) is 1. The molecule has 3 heterocycles. The molecule has 3 rings (SSSR count). The van der Waals surface area contributed by atoms with Gasteiger partial charge in [0.1, 0.15) is 5.82 Å². The molecule has 2 aromatic heterocycles. The third-order valence-corrected chi connectivity index (χ3v) is 3.81. The second-order valence-corrected chi connectivity index (χ2v) is 5.19. The molecule has 0 aromatic carbocycles. The smallest absolute Gasteiger partial charge is 0.150 e. The van der Waals surface area contributed by atoms with Crippen LogP contribution in [0.1, 0.15) is 35.8 Å². The van der Waals surface area contributed by atoms with Crippen molar-refractivity contribution in [2.75, 3.05) is 18.0 Å². The minimum absolute atomic E-state index is 0.594. The zero-order valence-corrected chi connectivity index (χ0v) is 11.4. The van der Waals surface area contributed by atoms with Crippen LogP contribution in [0, 0.1) is 13.8 Å². The van der Waals surface area contributed by atoms with Crippen molar-refractivity contribution in [1.82, 2.24) is 20.2 Å². The van der Waals surface area contributed by atoms with E-state index in [1.807, 2.05) is 26.2 Å². The predicted molar refractivity (Wildman–Crippen MR) is 74.3 cm³/mol. The zero-order valence-electron chi connectivity index (χ0n) is 11.4. The van der Waals surface area contributed by atoms with E-state index in [1.165, 1.54) is 5.69 Å². The molecule has 2 aromatic rings. The fraction of sp³-hybridized carbons (Fsp3) is 0.500. The van der Waals surface area contributed by atoms with E-state index in [9.17, 15) is 0 Å². The second kappa shape index (κ2) is 4.99. The van der Waals surface area contributed by atoms with Gasteiger partial charge in [0.05, 0.1) is 11.4 Å². The molecule has 100 valence electrons. The van der Waals surface area contributed by atoms with Crippen molar-refractivity contribution in [2.24, 2.45) is 0 Å². The fourth-order valence-electron chi connectivity index (χ4n) is 2.72. The first-order chi connectivity index (χ1) is 9.24. The van der Waals surface area contributed by atoms with E-state index >= 15 is 0 Å². The van der Waals surface area contributed by atoms with Gasteiger partial charge in [-0.15, -0.1) is 0 Å². The van der Waals surface area contributed by atoms with Crippen LogP contribution in [0.3, 0.4) is 0 Å². The molecule has 5 heteroatoms. The standard InChI is InChI=1S/C14H19N5/c1-10-9-15-11(2)14(17-10)19-7-4-12(5-8-19)13-3-6-16-18-13/h3,6,9,12H,4-5,7-8H2,1-2H3,(H,16,18). The van der Waals surface area contributed by atoms with Crippen LogP contribution >= 0.6 is 0 Å². The Morgan fingerprint density at radius 2 is 2.05 bits per heavy atom. The predicted octanol–water partition coefficient (Wildman–Crippen LogP) is 2.20. The largest absolute Gasteiger partial charge is 0.355 e. The van der Waals surface area contributed by atoms with Gasteiger partial charge in [0, 0.05) is 37.1 Å². The Balaban J connectivity index is 1.71. The number of H-pyrrole nitrogens is 1. The lowest BCUT2D eigenvalue weighted by atomic mass is 9.93. The Morgan fingerprint density at radius 1 is 1.26 bits per heavy atom. The van der Waals surface area contributed by atoms with Crippen LogP contribution in [0.15, 0.2) is 18.5 Å². The Labute approximate surface area is 113 Å². The lowest BCUT2D eigenvalue weighted by Crippen LogP contribution is -2.34. The summed E-state index contributed by atoms with van der Waals surface area (Å²) < 4.78 is 0. The number of piperidine rings is 1. The first-order valence-corrected chi connectivity index (χ1v) is 6.78. The molecular formula is C14H19N5. The van der Waals surface area contributed by atoms with Crippen LogP contribution in [-0.4, -0.2) is 33.3 Å². The molecule has 0 bridgehead atoms. The normalized spacial score (nSPS) is 16.8. The maximum Gasteiger partial charge on any atom is 0.150 e. The maximum atomic E-state index is 4.63. The number of anilines is 1. The highest BCUT2D eigenvalue weighted by atomic mass is 15.2. The SMILES string of the molecule is Cc1cnc(C)c(N2CCC(c3ccn[nH]3)CC2)n1. The van der Waals surface area contributed by atoms with Crippen LogP contribution in [0.2, 0.25) is 0 Å². The average molecular weight is 257 g/mol. The molecule has 0 radical (unpaired) electrons. The first-order valence-electron chi connectivity index (χ1n) is 6.78. The van der Waals surface area contributed by atoms with Crippen LogP contribution in [0.25, 0.3) is 0 Å². The molecule has 0 unspecified atom stereocenters. The molecule has 1 aliphatic rings. The van der Waals surface area contributed by atoms with Gasteiger partial charge in [0.2, 0.25) is 0 Å². The van der Waals surface area contributed by atoms with Gasteiger partial charge in [-0.3, -0.25) is 10.1 Å². The molecule has 0 saturated carbocycles. The highest BCUT2D eigenvalue weighted by Crippen LogP contribution is 2.29. The number of hydrogen-bond acceptors (Lipinski definition) is 4. The van der Waals surface area contributed by atoms with Gasteiger partial charge in [0.25, 0.3) is 0 Å². The van der Waals surface area contributed by atoms with Crippen molar-refractivity contribution >= 4 is 5.82 Å². The Morgan fingerprint density at radius 3 is 2.74 bits per heavy atom. The lowest BCUT2D eigenvalue weighted by molar-refractivity contribution is 0.492. The van der Waals surface area contributed by atoms with Gasteiger partial charge in [-0.05, 0) is 32.8 Å². The number of nitrogens with one attached hydrogen (secondary N) is 1. The quantitative estimate of drug-likeness (QED) is 0.896. The monoisotopic (exact) mass is 257 g/mol. The van der Waals surface area contributed by atoms with Gasteiger partial charge in [-0.25, -0.2) is 4.98 Å². The lowest BCUT2D eigenvalue weighted by Gasteiger charge is -2.33. The third kappa shape index (κ3) is 2.45. The number of aryl methyl sites for hydroxylation is 2.